The molecule has 12 atom stereocenters. The largest absolute Gasteiger partial charge is 0.394 e. The van der Waals surface area contributed by atoms with Gasteiger partial charge in [-0.15, -0.1) is 0 Å². The minimum atomic E-state index is -1.79. The van der Waals surface area contributed by atoms with E-state index >= 15 is 0 Å². The maximum atomic E-state index is 13.3. The molecule has 12 unspecified atom stereocenters. The molecule has 2 aliphatic rings. The van der Waals surface area contributed by atoms with E-state index in [-0.39, 0.29) is 18.9 Å². The lowest BCUT2D eigenvalue weighted by atomic mass is 9.97. The van der Waals surface area contributed by atoms with Crippen molar-refractivity contribution in [1.82, 2.24) is 5.32 Å². The fourth-order valence-electron chi connectivity index (χ4n) is 10.4. The van der Waals surface area contributed by atoms with Crippen LogP contribution in [0.1, 0.15) is 245 Å². The van der Waals surface area contributed by atoms with E-state index < -0.39 is 86.8 Å². The van der Waals surface area contributed by atoms with Crippen molar-refractivity contribution in [2.45, 2.75) is 319 Å². The molecule has 0 bridgehead atoms. The molecule has 84 heavy (non-hydrogen) atoms. The summed E-state index contributed by atoms with van der Waals surface area (Å²) in [7, 11) is 0. The van der Waals surface area contributed by atoms with Gasteiger partial charge in [0.2, 0.25) is 5.91 Å². The minimum Gasteiger partial charge on any atom is -0.394 e. The number of aliphatic hydroxyl groups is 8. The van der Waals surface area contributed by atoms with E-state index in [1.54, 1.807) is 6.08 Å². The van der Waals surface area contributed by atoms with Crippen LogP contribution in [0.2, 0.25) is 0 Å². The molecule has 2 fully saturated rings. The van der Waals surface area contributed by atoms with Gasteiger partial charge in [0.1, 0.15) is 48.8 Å². The van der Waals surface area contributed by atoms with Crippen LogP contribution in [0.15, 0.2) is 97.2 Å². The summed E-state index contributed by atoms with van der Waals surface area (Å²) in [6, 6.07) is -0.916. The highest BCUT2D eigenvalue weighted by molar-refractivity contribution is 5.76. The predicted molar refractivity (Wildman–Crippen MR) is 341 cm³/mol. The maximum Gasteiger partial charge on any atom is 0.220 e. The first-order chi connectivity index (χ1) is 41.1. The molecule has 2 saturated heterocycles. The van der Waals surface area contributed by atoms with Crippen LogP contribution in [-0.2, 0) is 23.7 Å². The van der Waals surface area contributed by atoms with Gasteiger partial charge in [0.05, 0.1) is 32.0 Å². The summed E-state index contributed by atoms with van der Waals surface area (Å²) >= 11 is 0. The van der Waals surface area contributed by atoms with E-state index in [4.69, 9.17) is 18.9 Å². The third kappa shape index (κ3) is 38.2. The van der Waals surface area contributed by atoms with Gasteiger partial charge in [-0.1, -0.05) is 259 Å². The van der Waals surface area contributed by atoms with Crippen molar-refractivity contribution in [2.24, 2.45) is 0 Å². The topological polar surface area (TPSA) is 228 Å². The summed E-state index contributed by atoms with van der Waals surface area (Å²) in [5.74, 6) is -0.242. The molecule has 0 saturated carbocycles. The molecule has 0 radical (unpaired) electrons. The fourth-order valence-corrected chi connectivity index (χ4v) is 10.4. The third-order valence-electron chi connectivity index (χ3n) is 15.8. The molecule has 2 aliphatic heterocycles. The maximum absolute atomic E-state index is 13.3. The highest BCUT2D eigenvalue weighted by Crippen LogP contribution is 2.30. The number of hydrogen-bond acceptors (Lipinski definition) is 13. The molecule has 14 heteroatoms. The average molecular weight is 1180 g/mol. The van der Waals surface area contributed by atoms with E-state index in [0.29, 0.717) is 6.42 Å². The van der Waals surface area contributed by atoms with E-state index in [1.807, 2.05) is 6.08 Å². The quantitative estimate of drug-likeness (QED) is 0.0204. The Morgan fingerprint density at radius 3 is 1.26 bits per heavy atom. The van der Waals surface area contributed by atoms with Gasteiger partial charge in [0.25, 0.3) is 0 Å². The lowest BCUT2D eigenvalue weighted by Gasteiger charge is -2.46. The molecule has 0 aromatic heterocycles. The molecular weight excluding hydrogens is 1060 g/mol. The molecule has 9 N–H and O–H groups in total. The van der Waals surface area contributed by atoms with Crippen molar-refractivity contribution in [1.29, 1.82) is 0 Å². The molecule has 0 aromatic rings. The number of hydrogen-bond donors (Lipinski definition) is 9. The number of rotatable bonds is 53. The van der Waals surface area contributed by atoms with Gasteiger partial charge >= 0.3 is 0 Å². The highest BCUT2D eigenvalue weighted by atomic mass is 16.7. The number of amides is 1. The standard InChI is InChI=1S/C70H121NO13/c1-3-5-7-9-11-13-15-16-17-18-19-20-21-22-23-24-25-26-27-28-29-30-31-32-33-34-35-36-37-38-39-40-41-42-44-46-48-50-52-54-62(75)71-58(59(74)53-51-49-47-45-43-14-12-10-8-6-4-2)57-81-69-67(80)65(78)68(61(56-73)83-69)84-70-66(79)64(77)63(76)60(55-72)82-70/h5,7,11,13,16-17,19-20,22-23,25-26,28-29,51,53,58-61,63-70,72-74,76-80H,3-4,6,8-10,12,14-15,18,21,24,27,30-50,52,54-57H2,1-2H3,(H,71,75)/b7-5-,13-11-,17-16-,20-19-,23-22-,26-25-,29-28-,53-51+. The average Bonchev–Trinajstić information content (AvgIpc) is 3.59. The third-order valence-corrected chi connectivity index (χ3v) is 15.8. The normalized spacial score (nSPS) is 24.3. The predicted octanol–water partition coefficient (Wildman–Crippen LogP) is 13.0. The van der Waals surface area contributed by atoms with E-state index in [0.717, 1.165) is 83.5 Å². The van der Waals surface area contributed by atoms with Crippen molar-refractivity contribution in [3.05, 3.63) is 97.2 Å². The monoisotopic (exact) mass is 1180 g/mol. The summed E-state index contributed by atoms with van der Waals surface area (Å²) in [5.41, 5.74) is 0. The number of ether oxygens (including phenoxy) is 4. The van der Waals surface area contributed by atoms with Gasteiger partial charge in [-0.05, 0) is 77.0 Å². The van der Waals surface area contributed by atoms with Crippen LogP contribution in [0.4, 0.5) is 0 Å². The molecule has 2 rings (SSSR count). The molecule has 484 valence electrons. The molecule has 1 amide bonds. The SMILES string of the molecule is CC/C=C\C/C=C\C/C=C\C/C=C\C/C=C\C/C=C\C/C=C\CCCCCCCCCCCCCCCCCCCC(=O)NC(COC1OC(CO)C(OC2OC(CO)C(O)C(O)C2O)C(O)C1O)C(O)/C=C/CCCCCCCCCCC. The minimum absolute atomic E-state index is 0.242. The molecule has 14 nitrogen and oxygen atoms in total. The van der Waals surface area contributed by atoms with Crippen molar-refractivity contribution >= 4 is 5.91 Å². The summed E-state index contributed by atoms with van der Waals surface area (Å²) in [4.78, 5) is 13.3. The zero-order chi connectivity index (χ0) is 60.9. The van der Waals surface area contributed by atoms with E-state index in [9.17, 15) is 45.6 Å². The Kier molecular flexibility index (Phi) is 49.6. The summed E-state index contributed by atoms with van der Waals surface area (Å²) < 4.78 is 22.8. The van der Waals surface area contributed by atoms with Crippen molar-refractivity contribution in [3.63, 3.8) is 0 Å². The van der Waals surface area contributed by atoms with Crippen LogP contribution in [0.25, 0.3) is 0 Å². The van der Waals surface area contributed by atoms with Crippen LogP contribution >= 0.6 is 0 Å². The van der Waals surface area contributed by atoms with E-state index in [2.05, 4.69) is 104 Å². The van der Waals surface area contributed by atoms with Crippen molar-refractivity contribution < 1.29 is 64.6 Å². The molecule has 2 heterocycles. The Hall–Kier alpha value is -3.09. The van der Waals surface area contributed by atoms with Gasteiger partial charge in [0, 0.05) is 6.42 Å². The van der Waals surface area contributed by atoms with Crippen LogP contribution in [0, 0.1) is 0 Å². The van der Waals surface area contributed by atoms with Crippen molar-refractivity contribution in [2.75, 3.05) is 19.8 Å². The van der Waals surface area contributed by atoms with Crippen LogP contribution < -0.4 is 5.32 Å². The number of carbonyl (C=O) groups excluding carboxylic acids is 1. The number of allylic oxidation sites excluding steroid dienone is 15. The van der Waals surface area contributed by atoms with E-state index in [1.165, 1.54) is 135 Å². The van der Waals surface area contributed by atoms with Gasteiger partial charge in [-0.2, -0.15) is 0 Å². The Balaban J connectivity index is 1.57. The molecule has 0 spiro atoms. The Morgan fingerprint density at radius 2 is 0.821 bits per heavy atom. The second-order valence-electron chi connectivity index (χ2n) is 23.2. The second-order valence-corrected chi connectivity index (χ2v) is 23.2. The lowest BCUT2D eigenvalue weighted by molar-refractivity contribution is -0.359. The highest BCUT2D eigenvalue weighted by Gasteiger charge is 2.51. The molecule has 0 aliphatic carbocycles. The zero-order valence-corrected chi connectivity index (χ0v) is 52.4. The molecule has 0 aromatic carbocycles. The van der Waals surface area contributed by atoms with Gasteiger partial charge in [-0.25, -0.2) is 0 Å². The van der Waals surface area contributed by atoms with Gasteiger partial charge in [0.15, 0.2) is 12.6 Å². The van der Waals surface area contributed by atoms with Gasteiger partial charge in [-0.3, -0.25) is 4.79 Å². The number of unbranched alkanes of at least 4 members (excludes halogenated alkanes) is 26. The van der Waals surface area contributed by atoms with Crippen LogP contribution in [-0.4, -0.2) is 140 Å². The smallest absolute Gasteiger partial charge is 0.220 e. The second kappa shape index (κ2) is 54.1. The molecular formula is C70H121NO13. The first-order valence-corrected chi connectivity index (χ1v) is 33.5. The van der Waals surface area contributed by atoms with Gasteiger partial charge < -0.3 is 65.1 Å². The van der Waals surface area contributed by atoms with Crippen LogP contribution in [0.3, 0.4) is 0 Å². The lowest BCUT2D eigenvalue weighted by Crippen LogP contribution is -2.65. The first kappa shape index (κ1) is 77.0. The Bertz CT molecular complexity index is 1780. The Labute approximate surface area is 509 Å². The number of carbonyl (C=O) groups is 1. The fraction of sp³-hybridized carbons (Fsp3) is 0.757. The summed E-state index contributed by atoms with van der Waals surface area (Å²) in [6.45, 7) is 2.66. The summed E-state index contributed by atoms with van der Waals surface area (Å²) in [6.07, 6.45) is 59.1. The van der Waals surface area contributed by atoms with Crippen LogP contribution in [0.5, 0.6) is 0 Å². The first-order valence-electron chi connectivity index (χ1n) is 33.5. The zero-order valence-electron chi connectivity index (χ0n) is 52.4. The number of aliphatic hydroxyl groups excluding tert-OH is 8. The van der Waals surface area contributed by atoms with Crippen molar-refractivity contribution in [3.8, 4) is 0 Å². The number of nitrogens with one attached hydrogen (secondary N) is 1. The summed E-state index contributed by atoms with van der Waals surface area (Å²) in [5, 5.41) is 87.0. The Morgan fingerprint density at radius 1 is 0.440 bits per heavy atom.